The Morgan fingerprint density at radius 3 is 2.00 bits per heavy atom. The van der Waals surface area contributed by atoms with Crippen LogP contribution in [0.25, 0.3) is 0 Å². The van der Waals surface area contributed by atoms with Crippen LogP contribution in [-0.2, 0) is 0 Å². The monoisotopic (exact) mass is 374 g/mol. The largest absolute Gasteiger partial charge is 0.492 e. The van der Waals surface area contributed by atoms with E-state index in [0.717, 1.165) is 5.56 Å². The number of amides is 2. The van der Waals surface area contributed by atoms with Crippen LogP contribution in [0.1, 0.15) is 33.2 Å². The van der Waals surface area contributed by atoms with Gasteiger partial charge in [-0.2, -0.15) is 0 Å². The number of rotatable bonds is 6. The van der Waals surface area contributed by atoms with E-state index < -0.39 is 0 Å². The van der Waals surface area contributed by atoms with Gasteiger partial charge in [-0.05, 0) is 62.4 Å². The minimum atomic E-state index is -0.247. The maximum absolute atomic E-state index is 12.5. The second kappa shape index (κ2) is 8.86. The third-order valence-electron chi connectivity index (χ3n) is 4.15. The third kappa shape index (κ3) is 4.76. The number of hydrogen-bond acceptors (Lipinski definition) is 3. The van der Waals surface area contributed by atoms with Gasteiger partial charge < -0.3 is 15.4 Å². The van der Waals surface area contributed by atoms with Crippen molar-refractivity contribution in [2.75, 3.05) is 17.2 Å². The van der Waals surface area contributed by atoms with Gasteiger partial charge in [-0.25, -0.2) is 0 Å². The predicted octanol–water partition coefficient (Wildman–Crippen LogP) is 4.90. The highest BCUT2D eigenvalue weighted by Crippen LogP contribution is 2.24. The molecular weight excluding hydrogens is 352 g/mol. The lowest BCUT2D eigenvalue weighted by atomic mass is 10.1. The van der Waals surface area contributed by atoms with Gasteiger partial charge in [-0.1, -0.05) is 29.8 Å². The summed E-state index contributed by atoms with van der Waals surface area (Å²) in [6.07, 6.45) is 0. The van der Waals surface area contributed by atoms with Gasteiger partial charge in [-0.15, -0.1) is 0 Å². The zero-order valence-electron chi connectivity index (χ0n) is 15.9. The van der Waals surface area contributed by atoms with E-state index in [1.54, 1.807) is 42.5 Å². The molecule has 0 heterocycles. The fourth-order valence-electron chi connectivity index (χ4n) is 2.66. The van der Waals surface area contributed by atoms with Gasteiger partial charge in [0.05, 0.1) is 12.3 Å². The summed E-state index contributed by atoms with van der Waals surface area (Å²) in [4.78, 5) is 24.8. The molecule has 0 atom stereocenters. The van der Waals surface area contributed by atoms with Gasteiger partial charge in [0.15, 0.2) is 0 Å². The Bertz CT molecular complexity index is 964. The van der Waals surface area contributed by atoms with Gasteiger partial charge in [0.2, 0.25) is 0 Å². The molecule has 0 spiro atoms. The molecule has 0 radical (unpaired) electrons. The molecule has 0 bridgehead atoms. The molecule has 0 saturated carbocycles. The van der Waals surface area contributed by atoms with Crippen molar-refractivity contribution in [2.24, 2.45) is 0 Å². The Balaban J connectivity index is 1.66. The van der Waals surface area contributed by atoms with Crippen molar-refractivity contribution in [2.45, 2.75) is 13.8 Å². The van der Waals surface area contributed by atoms with E-state index in [0.29, 0.717) is 34.9 Å². The van der Waals surface area contributed by atoms with Crippen molar-refractivity contribution in [3.63, 3.8) is 0 Å². The molecule has 0 saturated heterocycles. The Kier molecular flexibility index (Phi) is 6.07. The van der Waals surface area contributed by atoms with Crippen LogP contribution in [0.3, 0.4) is 0 Å². The Labute approximate surface area is 164 Å². The van der Waals surface area contributed by atoms with Crippen molar-refractivity contribution >= 4 is 23.2 Å². The third-order valence-corrected chi connectivity index (χ3v) is 4.15. The molecule has 0 aliphatic rings. The Morgan fingerprint density at radius 1 is 0.786 bits per heavy atom. The van der Waals surface area contributed by atoms with E-state index >= 15 is 0 Å². The molecule has 0 fully saturated rings. The van der Waals surface area contributed by atoms with Gasteiger partial charge >= 0.3 is 0 Å². The molecule has 0 unspecified atom stereocenters. The summed E-state index contributed by atoms with van der Waals surface area (Å²) in [5.74, 6) is 0.187. The number of hydrogen-bond donors (Lipinski definition) is 2. The van der Waals surface area contributed by atoms with Crippen LogP contribution in [0, 0.1) is 6.92 Å². The molecule has 5 nitrogen and oxygen atoms in total. The highest BCUT2D eigenvalue weighted by Gasteiger charge is 2.11. The van der Waals surface area contributed by atoms with Gasteiger partial charge in [-0.3, -0.25) is 9.59 Å². The van der Waals surface area contributed by atoms with Crippen LogP contribution >= 0.6 is 0 Å². The topological polar surface area (TPSA) is 67.4 Å². The summed E-state index contributed by atoms with van der Waals surface area (Å²) in [5.41, 5.74) is 3.40. The molecule has 3 rings (SSSR count). The quantitative estimate of drug-likeness (QED) is 0.645. The van der Waals surface area contributed by atoms with Gasteiger partial charge in [0, 0.05) is 16.8 Å². The maximum atomic E-state index is 12.5. The second-order valence-electron chi connectivity index (χ2n) is 6.28. The van der Waals surface area contributed by atoms with Crippen LogP contribution in [0.2, 0.25) is 0 Å². The number of aryl methyl sites for hydroxylation is 1. The first-order valence-electron chi connectivity index (χ1n) is 9.08. The van der Waals surface area contributed by atoms with Crippen molar-refractivity contribution in [3.05, 3.63) is 89.5 Å². The maximum Gasteiger partial charge on any atom is 0.255 e. The molecule has 5 heteroatoms. The molecular formula is C23H22N2O3. The summed E-state index contributed by atoms with van der Waals surface area (Å²) in [7, 11) is 0. The number of nitrogens with one attached hydrogen (secondary N) is 2. The summed E-state index contributed by atoms with van der Waals surface area (Å²) in [5, 5.41) is 5.68. The molecule has 2 amide bonds. The predicted molar refractivity (Wildman–Crippen MR) is 111 cm³/mol. The average molecular weight is 374 g/mol. The van der Waals surface area contributed by atoms with Crippen LogP contribution in [0.15, 0.2) is 72.8 Å². The minimum absolute atomic E-state index is 0.192. The van der Waals surface area contributed by atoms with Crippen molar-refractivity contribution in [1.29, 1.82) is 0 Å². The van der Waals surface area contributed by atoms with Gasteiger partial charge in [0.1, 0.15) is 5.75 Å². The number of para-hydroxylation sites is 2. The zero-order valence-corrected chi connectivity index (χ0v) is 15.9. The highest BCUT2D eigenvalue weighted by molar-refractivity contribution is 6.06. The minimum Gasteiger partial charge on any atom is -0.492 e. The first kappa shape index (κ1) is 19.2. The Hall–Kier alpha value is -3.60. The molecule has 0 aliphatic heterocycles. The van der Waals surface area contributed by atoms with Crippen LogP contribution in [0.4, 0.5) is 11.4 Å². The van der Waals surface area contributed by atoms with E-state index in [4.69, 9.17) is 4.74 Å². The highest BCUT2D eigenvalue weighted by atomic mass is 16.5. The summed E-state index contributed by atoms with van der Waals surface area (Å²) < 4.78 is 5.52. The smallest absolute Gasteiger partial charge is 0.255 e. The lowest BCUT2D eigenvalue weighted by Crippen LogP contribution is -2.14. The van der Waals surface area contributed by atoms with Gasteiger partial charge in [0.25, 0.3) is 11.8 Å². The lowest BCUT2D eigenvalue weighted by Gasteiger charge is -2.11. The molecule has 0 aliphatic carbocycles. The summed E-state index contributed by atoms with van der Waals surface area (Å²) in [6, 6.07) is 21.4. The number of carbonyl (C=O) groups excluding carboxylic acids is 2. The van der Waals surface area contributed by atoms with Crippen LogP contribution in [-0.4, -0.2) is 18.4 Å². The molecule has 28 heavy (non-hydrogen) atoms. The summed E-state index contributed by atoms with van der Waals surface area (Å²) in [6.45, 7) is 4.38. The van der Waals surface area contributed by atoms with E-state index in [2.05, 4.69) is 10.6 Å². The van der Waals surface area contributed by atoms with Crippen molar-refractivity contribution in [1.82, 2.24) is 0 Å². The number of ether oxygens (including phenoxy) is 1. The Morgan fingerprint density at radius 2 is 1.36 bits per heavy atom. The molecule has 0 aromatic heterocycles. The fourth-order valence-corrected chi connectivity index (χ4v) is 2.66. The standard InChI is InChI=1S/C23H22N2O3/c1-3-28-21-7-5-4-6-20(21)25-23(27)18-12-14-19(15-13-18)24-22(26)17-10-8-16(2)9-11-17/h4-15H,3H2,1-2H3,(H,24,26)(H,25,27). The molecule has 3 aromatic carbocycles. The lowest BCUT2D eigenvalue weighted by molar-refractivity contribution is 0.101. The molecule has 3 aromatic rings. The van der Waals surface area contributed by atoms with Crippen LogP contribution in [0.5, 0.6) is 5.75 Å². The fraction of sp³-hybridized carbons (Fsp3) is 0.130. The normalized spacial score (nSPS) is 10.2. The van der Waals surface area contributed by atoms with E-state index in [9.17, 15) is 9.59 Å². The van der Waals surface area contributed by atoms with E-state index in [-0.39, 0.29) is 11.8 Å². The zero-order chi connectivity index (χ0) is 19.9. The first-order valence-corrected chi connectivity index (χ1v) is 9.08. The first-order chi connectivity index (χ1) is 13.6. The van der Waals surface area contributed by atoms with Crippen molar-refractivity contribution < 1.29 is 14.3 Å². The average Bonchev–Trinajstić information content (AvgIpc) is 2.70. The van der Waals surface area contributed by atoms with Crippen LogP contribution < -0.4 is 15.4 Å². The van der Waals surface area contributed by atoms with E-state index in [1.807, 2.05) is 44.2 Å². The SMILES string of the molecule is CCOc1ccccc1NC(=O)c1ccc(NC(=O)c2ccc(C)cc2)cc1. The second-order valence-corrected chi connectivity index (χ2v) is 6.28. The number of carbonyl (C=O) groups is 2. The summed E-state index contributed by atoms with van der Waals surface area (Å²) >= 11 is 0. The number of benzene rings is 3. The molecule has 2 N–H and O–H groups in total. The van der Waals surface area contributed by atoms with E-state index in [1.165, 1.54) is 0 Å². The number of anilines is 2. The molecule has 142 valence electrons. The van der Waals surface area contributed by atoms with Crippen molar-refractivity contribution in [3.8, 4) is 5.75 Å².